The SMILES string of the molecule is CC(C)(C)n1c2ccccc2c2c1c1ccccc1n2Cc1ccccc1. The van der Waals surface area contributed by atoms with E-state index in [4.69, 9.17) is 0 Å². The van der Waals surface area contributed by atoms with Gasteiger partial charge in [0.05, 0.1) is 22.1 Å². The monoisotopic (exact) mass is 352 g/mol. The van der Waals surface area contributed by atoms with E-state index in [1.54, 1.807) is 0 Å². The molecule has 0 N–H and O–H groups in total. The molecule has 0 aliphatic heterocycles. The normalized spacial score (nSPS) is 12.4. The summed E-state index contributed by atoms with van der Waals surface area (Å²) in [6, 6.07) is 28.4. The van der Waals surface area contributed by atoms with Crippen LogP contribution in [0.25, 0.3) is 32.8 Å². The maximum atomic E-state index is 2.52. The summed E-state index contributed by atoms with van der Waals surface area (Å²) in [6.45, 7) is 7.76. The zero-order valence-corrected chi connectivity index (χ0v) is 16.1. The molecule has 134 valence electrons. The highest BCUT2D eigenvalue weighted by Crippen LogP contribution is 2.40. The Morgan fingerprint density at radius 3 is 1.85 bits per heavy atom. The minimum Gasteiger partial charge on any atom is -0.334 e. The van der Waals surface area contributed by atoms with E-state index >= 15 is 0 Å². The number of hydrogen-bond donors (Lipinski definition) is 0. The second-order valence-electron chi connectivity index (χ2n) is 8.31. The first-order valence-electron chi connectivity index (χ1n) is 9.60. The number of para-hydroxylation sites is 2. The molecule has 0 atom stereocenters. The van der Waals surface area contributed by atoms with Gasteiger partial charge in [0.1, 0.15) is 0 Å². The van der Waals surface area contributed by atoms with Crippen molar-refractivity contribution in [3.63, 3.8) is 0 Å². The zero-order valence-electron chi connectivity index (χ0n) is 16.1. The van der Waals surface area contributed by atoms with Crippen molar-refractivity contribution in [2.45, 2.75) is 32.9 Å². The Balaban J connectivity index is 1.97. The molecule has 0 radical (unpaired) electrons. The summed E-state index contributed by atoms with van der Waals surface area (Å²) in [4.78, 5) is 0. The number of rotatable bonds is 2. The van der Waals surface area contributed by atoms with Crippen LogP contribution >= 0.6 is 0 Å². The van der Waals surface area contributed by atoms with Gasteiger partial charge in [-0.25, -0.2) is 0 Å². The summed E-state index contributed by atoms with van der Waals surface area (Å²) in [5.41, 5.74) is 6.62. The van der Waals surface area contributed by atoms with E-state index in [0.29, 0.717) is 0 Å². The molecule has 0 spiro atoms. The van der Waals surface area contributed by atoms with Gasteiger partial charge in [0, 0.05) is 22.9 Å². The first-order valence-corrected chi connectivity index (χ1v) is 9.60. The summed E-state index contributed by atoms with van der Waals surface area (Å²) in [6.07, 6.45) is 0. The number of fused-ring (bicyclic) bond motifs is 5. The maximum absolute atomic E-state index is 2.52. The molecule has 0 aliphatic carbocycles. The van der Waals surface area contributed by atoms with Crippen LogP contribution in [0.4, 0.5) is 0 Å². The van der Waals surface area contributed by atoms with Crippen LogP contribution in [-0.2, 0) is 12.1 Å². The number of aromatic nitrogens is 2. The van der Waals surface area contributed by atoms with Gasteiger partial charge < -0.3 is 9.13 Å². The topological polar surface area (TPSA) is 9.86 Å². The molecular formula is C25H24N2. The fourth-order valence-corrected chi connectivity index (χ4v) is 4.40. The standard InChI is InChI=1S/C25H24N2/c1-25(2,3)27-22-16-10-8-14-20(22)23-24(27)19-13-7-9-15-21(19)26(23)17-18-11-5-4-6-12-18/h4-16H,17H2,1-3H3. The van der Waals surface area contributed by atoms with Crippen LogP contribution in [-0.4, -0.2) is 9.13 Å². The molecule has 0 bridgehead atoms. The highest BCUT2D eigenvalue weighted by Gasteiger charge is 2.25. The Kier molecular flexibility index (Phi) is 3.45. The summed E-state index contributed by atoms with van der Waals surface area (Å²) in [7, 11) is 0. The molecule has 2 nitrogen and oxygen atoms in total. The summed E-state index contributed by atoms with van der Waals surface area (Å²) in [5.74, 6) is 0. The number of hydrogen-bond acceptors (Lipinski definition) is 0. The van der Waals surface area contributed by atoms with Gasteiger partial charge in [-0.2, -0.15) is 0 Å². The van der Waals surface area contributed by atoms with Crippen molar-refractivity contribution in [1.82, 2.24) is 9.13 Å². The van der Waals surface area contributed by atoms with Crippen molar-refractivity contribution in [2.75, 3.05) is 0 Å². The third kappa shape index (κ3) is 2.40. The van der Waals surface area contributed by atoms with Gasteiger partial charge in [-0.3, -0.25) is 0 Å². The highest BCUT2D eigenvalue weighted by atomic mass is 15.1. The molecule has 0 fully saturated rings. The molecule has 0 unspecified atom stereocenters. The maximum Gasteiger partial charge on any atom is 0.0759 e. The van der Waals surface area contributed by atoms with Gasteiger partial charge >= 0.3 is 0 Å². The van der Waals surface area contributed by atoms with Crippen molar-refractivity contribution >= 4 is 32.8 Å². The van der Waals surface area contributed by atoms with Gasteiger partial charge in [-0.15, -0.1) is 0 Å². The van der Waals surface area contributed by atoms with Crippen LogP contribution in [0.5, 0.6) is 0 Å². The fourth-order valence-electron chi connectivity index (χ4n) is 4.40. The Labute approximate surface area is 159 Å². The summed E-state index contributed by atoms with van der Waals surface area (Å²) < 4.78 is 5.01. The molecular weight excluding hydrogens is 328 g/mol. The number of benzene rings is 3. The first kappa shape index (κ1) is 16.2. The summed E-state index contributed by atoms with van der Waals surface area (Å²) >= 11 is 0. The lowest BCUT2D eigenvalue weighted by atomic mass is 10.1. The minimum absolute atomic E-state index is 0.00303. The molecule has 2 aromatic heterocycles. The van der Waals surface area contributed by atoms with Crippen LogP contribution < -0.4 is 0 Å². The molecule has 0 saturated carbocycles. The quantitative estimate of drug-likeness (QED) is 0.341. The Morgan fingerprint density at radius 2 is 1.19 bits per heavy atom. The van der Waals surface area contributed by atoms with Crippen LogP contribution in [0, 0.1) is 0 Å². The second kappa shape index (κ2) is 5.75. The molecule has 2 heteroatoms. The third-order valence-electron chi connectivity index (χ3n) is 5.42. The smallest absolute Gasteiger partial charge is 0.0759 e. The van der Waals surface area contributed by atoms with Crippen LogP contribution in [0.2, 0.25) is 0 Å². The second-order valence-corrected chi connectivity index (χ2v) is 8.31. The molecule has 2 heterocycles. The van der Waals surface area contributed by atoms with Gasteiger partial charge in [-0.05, 0) is 38.5 Å². The molecule has 5 rings (SSSR count). The van der Waals surface area contributed by atoms with Gasteiger partial charge in [-0.1, -0.05) is 66.7 Å². The zero-order chi connectivity index (χ0) is 18.6. The first-order chi connectivity index (χ1) is 13.1. The van der Waals surface area contributed by atoms with Crippen LogP contribution in [0.1, 0.15) is 26.3 Å². The van der Waals surface area contributed by atoms with E-state index < -0.39 is 0 Å². The van der Waals surface area contributed by atoms with Crippen molar-refractivity contribution in [3.8, 4) is 0 Å². The van der Waals surface area contributed by atoms with E-state index in [1.807, 2.05) is 0 Å². The van der Waals surface area contributed by atoms with E-state index in [9.17, 15) is 0 Å². The van der Waals surface area contributed by atoms with Crippen LogP contribution in [0.15, 0.2) is 78.9 Å². The summed E-state index contributed by atoms with van der Waals surface area (Å²) in [5, 5.41) is 2.66. The van der Waals surface area contributed by atoms with Crippen molar-refractivity contribution < 1.29 is 0 Å². The van der Waals surface area contributed by atoms with Gasteiger partial charge in [0.2, 0.25) is 0 Å². The Morgan fingerprint density at radius 1 is 0.630 bits per heavy atom. The average molecular weight is 352 g/mol. The molecule has 3 aromatic carbocycles. The lowest BCUT2D eigenvalue weighted by Crippen LogP contribution is -2.21. The molecule has 5 aromatic rings. The van der Waals surface area contributed by atoms with E-state index in [-0.39, 0.29) is 5.54 Å². The number of nitrogens with zero attached hydrogens (tertiary/aromatic N) is 2. The van der Waals surface area contributed by atoms with Crippen LogP contribution in [0.3, 0.4) is 0 Å². The molecule has 0 saturated heterocycles. The highest BCUT2D eigenvalue weighted by molar-refractivity contribution is 6.18. The van der Waals surface area contributed by atoms with Crippen molar-refractivity contribution in [3.05, 3.63) is 84.4 Å². The average Bonchev–Trinajstić information content (AvgIpc) is 3.16. The Hall–Kier alpha value is -3.00. The van der Waals surface area contributed by atoms with Gasteiger partial charge in [0.15, 0.2) is 0 Å². The van der Waals surface area contributed by atoms with Crippen molar-refractivity contribution in [1.29, 1.82) is 0 Å². The third-order valence-corrected chi connectivity index (χ3v) is 5.42. The molecule has 0 amide bonds. The lowest BCUT2D eigenvalue weighted by molar-refractivity contribution is 0.424. The molecule has 27 heavy (non-hydrogen) atoms. The largest absolute Gasteiger partial charge is 0.334 e. The van der Waals surface area contributed by atoms with Gasteiger partial charge in [0.25, 0.3) is 0 Å². The predicted molar refractivity (Wildman–Crippen MR) is 115 cm³/mol. The predicted octanol–water partition coefficient (Wildman–Crippen LogP) is 6.55. The van der Waals surface area contributed by atoms with Crippen molar-refractivity contribution in [2.24, 2.45) is 0 Å². The Bertz CT molecular complexity index is 1260. The lowest BCUT2D eigenvalue weighted by Gasteiger charge is -2.24. The van der Waals surface area contributed by atoms with E-state index in [0.717, 1.165) is 6.54 Å². The minimum atomic E-state index is 0.00303. The van der Waals surface area contributed by atoms with E-state index in [1.165, 1.54) is 38.4 Å². The van der Waals surface area contributed by atoms with E-state index in [2.05, 4.69) is 109 Å². The molecule has 0 aliphatic rings. The fraction of sp³-hybridized carbons (Fsp3) is 0.200.